The van der Waals surface area contributed by atoms with Crippen LogP contribution < -0.4 is 10.6 Å². The predicted molar refractivity (Wildman–Crippen MR) is 67.6 cm³/mol. The lowest BCUT2D eigenvalue weighted by Crippen LogP contribution is -2.37. The Bertz CT molecular complexity index is 327. The van der Waals surface area contributed by atoms with Crippen LogP contribution in [0.5, 0.6) is 0 Å². The zero-order valence-corrected chi connectivity index (χ0v) is 10.1. The number of hydrogen-bond donors (Lipinski definition) is 3. The molecule has 0 bridgehead atoms. The van der Waals surface area contributed by atoms with Crippen LogP contribution in [0.2, 0.25) is 0 Å². The molecule has 1 unspecified atom stereocenters. The molecule has 4 nitrogen and oxygen atoms in total. The number of rotatable bonds is 7. The molecule has 0 radical (unpaired) electrons. The molecule has 0 aliphatic heterocycles. The molecule has 0 saturated carbocycles. The fraction of sp³-hybridized carbons (Fsp3) is 0.462. The van der Waals surface area contributed by atoms with Gasteiger partial charge >= 0.3 is 0 Å². The molecule has 1 atom stereocenters. The topological polar surface area (TPSA) is 61.4 Å². The normalized spacial score (nSPS) is 12.1. The summed E-state index contributed by atoms with van der Waals surface area (Å²) in [6.45, 7) is 3.06. The van der Waals surface area contributed by atoms with E-state index in [2.05, 4.69) is 10.6 Å². The first-order valence-electron chi connectivity index (χ1n) is 5.93. The van der Waals surface area contributed by atoms with Crippen molar-refractivity contribution in [3.05, 3.63) is 35.9 Å². The molecule has 1 aromatic rings. The summed E-state index contributed by atoms with van der Waals surface area (Å²) in [7, 11) is 0. The highest BCUT2D eigenvalue weighted by Gasteiger charge is 2.12. The SMILES string of the molecule is CCCNCC(=O)NC(CO)c1ccccc1. The number of hydrogen-bond acceptors (Lipinski definition) is 3. The second-order valence-corrected chi connectivity index (χ2v) is 3.89. The minimum atomic E-state index is -0.327. The van der Waals surface area contributed by atoms with Gasteiger partial charge in [-0.2, -0.15) is 0 Å². The highest BCUT2D eigenvalue weighted by atomic mass is 16.3. The van der Waals surface area contributed by atoms with Crippen molar-refractivity contribution in [3.8, 4) is 0 Å². The molecule has 1 rings (SSSR count). The van der Waals surface area contributed by atoms with Gasteiger partial charge in [0, 0.05) is 0 Å². The van der Waals surface area contributed by atoms with E-state index < -0.39 is 0 Å². The smallest absolute Gasteiger partial charge is 0.234 e. The molecule has 0 saturated heterocycles. The van der Waals surface area contributed by atoms with Crippen LogP contribution in [-0.2, 0) is 4.79 Å². The quantitative estimate of drug-likeness (QED) is 0.615. The summed E-state index contributed by atoms with van der Waals surface area (Å²) < 4.78 is 0. The van der Waals surface area contributed by atoms with E-state index in [1.807, 2.05) is 37.3 Å². The van der Waals surface area contributed by atoms with Crippen LogP contribution in [0.1, 0.15) is 24.9 Å². The van der Waals surface area contributed by atoms with Crippen molar-refractivity contribution in [1.29, 1.82) is 0 Å². The van der Waals surface area contributed by atoms with Gasteiger partial charge in [-0.1, -0.05) is 37.3 Å². The summed E-state index contributed by atoms with van der Waals surface area (Å²) >= 11 is 0. The molecule has 3 N–H and O–H groups in total. The minimum Gasteiger partial charge on any atom is -0.394 e. The number of carbonyl (C=O) groups excluding carboxylic acids is 1. The van der Waals surface area contributed by atoms with Crippen molar-refractivity contribution in [2.75, 3.05) is 19.7 Å². The van der Waals surface area contributed by atoms with Crippen molar-refractivity contribution in [2.24, 2.45) is 0 Å². The molecule has 1 aromatic carbocycles. The van der Waals surface area contributed by atoms with Crippen LogP contribution in [0, 0.1) is 0 Å². The molecule has 4 heteroatoms. The summed E-state index contributed by atoms with van der Waals surface area (Å²) in [5.41, 5.74) is 0.916. The van der Waals surface area contributed by atoms with Crippen LogP contribution in [-0.4, -0.2) is 30.7 Å². The fourth-order valence-electron chi connectivity index (χ4n) is 1.54. The van der Waals surface area contributed by atoms with E-state index in [1.54, 1.807) is 0 Å². The number of nitrogens with one attached hydrogen (secondary N) is 2. The summed E-state index contributed by atoms with van der Waals surface area (Å²) in [5, 5.41) is 15.1. The summed E-state index contributed by atoms with van der Waals surface area (Å²) in [6.07, 6.45) is 0.995. The number of amides is 1. The minimum absolute atomic E-state index is 0.0937. The standard InChI is InChI=1S/C13H20N2O2/c1-2-8-14-9-13(17)15-12(10-16)11-6-4-3-5-7-11/h3-7,12,14,16H,2,8-10H2,1H3,(H,15,17). The van der Waals surface area contributed by atoms with E-state index >= 15 is 0 Å². The number of benzene rings is 1. The third kappa shape index (κ3) is 4.97. The number of aliphatic hydroxyl groups excluding tert-OH is 1. The average Bonchev–Trinajstić information content (AvgIpc) is 2.37. The third-order valence-corrected chi connectivity index (χ3v) is 2.43. The van der Waals surface area contributed by atoms with Crippen molar-refractivity contribution < 1.29 is 9.90 Å². The monoisotopic (exact) mass is 236 g/mol. The Morgan fingerprint density at radius 2 is 2.06 bits per heavy atom. The van der Waals surface area contributed by atoms with E-state index in [0.717, 1.165) is 18.5 Å². The summed E-state index contributed by atoms with van der Waals surface area (Å²) in [6, 6.07) is 9.13. The maximum atomic E-state index is 11.6. The van der Waals surface area contributed by atoms with Gasteiger partial charge < -0.3 is 15.7 Å². The molecule has 94 valence electrons. The van der Waals surface area contributed by atoms with Gasteiger partial charge in [0.2, 0.25) is 5.91 Å². The van der Waals surface area contributed by atoms with E-state index in [-0.39, 0.29) is 25.1 Å². The van der Waals surface area contributed by atoms with Crippen molar-refractivity contribution >= 4 is 5.91 Å². The fourth-order valence-corrected chi connectivity index (χ4v) is 1.54. The second-order valence-electron chi connectivity index (χ2n) is 3.89. The first-order valence-corrected chi connectivity index (χ1v) is 5.93. The lowest BCUT2D eigenvalue weighted by atomic mass is 10.1. The van der Waals surface area contributed by atoms with Gasteiger partial charge in [-0.15, -0.1) is 0 Å². The number of aliphatic hydroxyl groups is 1. The largest absolute Gasteiger partial charge is 0.394 e. The number of carbonyl (C=O) groups is 1. The van der Waals surface area contributed by atoms with Gasteiger partial charge in [0.1, 0.15) is 0 Å². The maximum Gasteiger partial charge on any atom is 0.234 e. The summed E-state index contributed by atoms with van der Waals surface area (Å²) in [4.78, 5) is 11.6. The van der Waals surface area contributed by atoms with Gasteiger partial charge in [-0.05, 0) is 18.5 Å². The second kappa shape index (κ2) is 7.81. The van der Waals surface area contributed by atoms with Gasteiger partial charge in [-0.25, -0.2) is 0 Å². The Morgan fingerprint density at radius 3 is 2.65 bits per heavy atom. The maximum absolute atomic E-state index is 11.6. The third-order valence-electron chi connectivity index (χ3n) is 2.43. The Hall–Kier alpha value is -1.39. The molecule has 1 amide bonds. The first kappa shape index (κ1) is 13.7. The van der Waals surface area contributed by atoms with E-state index in [9.17, 15) is 9.90 Å². The van der Waals surface area contributed by atoms with Gasteiger partial charge in [0.05, 0.1) is 19.2 Å². The molecular weight excluding hydrogens is 216 g/mol. The van der Waals surface area contributed by atoms with E-state index in [4.69, 9.17) is 0 Å². The molecule has 0 heterocycles. The molecule has 0 aliphatic carbocycles. The lowest BCUT2D eigenvalue weighted by Gasteiger charge is -2.16. The zero-order chi connectivity index (χ0) is 12.5. The van der Waals surface area contributed by atoms with Crippen molar-refractivity contribution in [3.63, 3.8) is 0 Å². The average molecular weight is 236 g/mol. The van der Waals surface area contributed by atoms with Gasteiger partial charge in [0.15, 0.2) is 0 Å². The zero-order valence-electron chi connectivity index (χ0n) is 10.1. The highest BCUT2D eigenvalue weighted by Crippen LogP contribution is 2.10. The van der Waals surface area contributed by atoms with Gasteiger partial charge in [-0.3, -0.25) is 4.79 Å². The molecule has 0 spiro atoms. The molecule has 0 aromatic heterocycles. The van der Waals surface area contributed by atoms with Gasteiger partial charge in [0.25, 0.3) is 0 Å². The Labute approximate surface area is 102 Å². The van der Waals surface area contributed by atoms with Crippen LogP contribution in [0.15, 0.2) is 30.3 Å². The first-order chi connectivity index (χ1) is 8.27. The van der Waals surface area contributed by atoms with Crippen LogP contribution >= 0.6 is 0 Å². The van der Waals surface area contributed by atoms with Crippen molar-refractivity contribution in [2.45, 2.75) is 19.4 Å². The Balaban J connectivity index is 2.44. The molecule has 0 aliphatic rings. The molecular formula is C13H20N2O2. The lowest BCUT2D eigenvalue weighted by molar-refractivity contribution is -0.121. The highest BCUT2D eigenvalue weighted by molar-refractivity contribution is 5.78. The Kier molecular flexibility index (Phi) is 6.29. The molecule has 17 heavy (non-hydrogen) atoms. The van der Waals surface area contributed by atoms with E-state index in [1.165, 1.54) is 0 Å². The van der Waals surface area contributed by atoms with Crippen LogP contribution in [0.25, 0.3) is 0 Å². The van der Waals surface area contributed by atoms with Crippen LogP contribution in [0.4, 0.5) is 0 Å². The predicted octanol–water partition coefficient (Wildman–Crippen LogP) is 0.836. The molecule has 0 fully saturated rings. The van der Waals surface area contributed by atoms with Crippen molar-refractivity contribution in [1.82, 2.24) is 10.6 Å². The van der Waals surface area contributed by atoms with Crippen LogP contribution in [0.3, 0.4) is 0 Å². The Morgan fingerprint density at radius 1 is 1.35 bits per heavy atom. The summed E-state index contributed by atoms with van der Waals surface area (Å²) in [5.74, 6) is -0.0960. The van der Waals surface area contributed by atoms with E-state index in [0.29, 0.717) is 0 Å².